The Hall–Kier alpha value is -3.01. The molecular weight excluding hydrogens is 312 g/mol. The lowest BCUT2D eigenvalue weighted by molar-refractivity contribution is -0.114. The molecule has 1 heterocycles. The van der Waals surface area contributed by atoms with E-state index >= 15 is 0 Å². The third kappa shape index (κ3) is 3.43. The molecular formula is C21H22N2O2. The fourth-order valence-electron chi connectivity index (χ4n) is 3.08. The average molecular weight is 334 g/mol. The van der Waals surface area contributed by atoms with E-state index < -0.39 is 0 Å². The number of aryl methyl sites for hydroxylation is 1. The molecule has 0 radical (unpaired) electrons. The van der Waals surface area contributed by atoms with Gasteiger partial charge in [-0.15, -0.1) is 0 Å². The van der Waals surface area contributed by atoms with Gasteiger partial charge in [0.25, 0.3) is 0 Å². The molecule has 1 amide bonds. The molecule has 0 aliphatic carbocycles. The molecule has 0 unspecified atom stereocenters. The average Bonchev–Trinajstić information content (AvgIpc) is 2.97. The molecule has 0 atom stereocenters. The molecule has 3 rings (SSSR count). The van der Waals surface area contributed by atoms with Crippen LogP contribution in [0.5, 0.6) is 5.75 Å². The van der Waals surface area contributed by atoms with Crippen molar-refractivity contribution in [2.45, 2.75) is 13.5 Å². The maximum Gasteiger partial charge on any atom is 0.250 e. The van der Waals surface area contributed by atoms with Gasteiger partial charge in [0.2, 0.25) is 5.91 Å². The summed E-state index contributed by atoms with van der Waals surface area (Å²) in [5.74, 6) is 0.654. The third-order valence-corrected chi connectivity index (χ3v) is 4.39. The van der Waals surface area contributed by atoms with Crippen molar-refractivity contribution in [3.8, 4) is 5.75 Å². The number of nitrogens with zero attached hydrogens (tertiary/aromatic N) is 2. The lowest BCUT2D eigenvalue weighted by Crippen LogP contribution is -2.32. The number of aromatic nitrogens is 1. The number of methoxy groups -OCH3 is 1. The predicted molar refractivity (Wildman–Crippen MR) is 102 cm³/mol. The Kier molecular flexibility index (Phi) is 4.89. The van der Waals surface area contributed by atoms with Crippen LogP contribution in [0.3, 0.4) is 0 Å². The second-order valence-electron chi connectivity index (χ2n) is 5.89. The molecule has 4 heteroatoms. The zero-order valence-corrected chi connectivity index (χ0v) is 14.6. The summed E-state index contributed by atoms with van der Waals surface area (Å²) in [5, 5.41) is 1.21. The topological polar surface area (TPSA) is 34.5 Å². The number of amides is 1. The fourth-order valence-corrected chi connectivity index (χ4v) is 3.08. The highest BCUT2D eigenvalue weighted by molar-refractivity contribution is 6.01. The van der Waals surface area contributed by atoms with Crippen molar-refractivity contribution in [1.29, 1.82) is 0 Å². The predicted octanol–water partition coefficient (Wildman–Crippen LogP) is 4.18. The minimum atomic E-state index is -0.112. The first-order valence-corrected chi connectivity index (χ1v) is 8.27. The number of ether oxygens (including phenoxy) is 1. The van der Waals surface area contributed by atoms with Crippen molar-refractivity contribution < 1.29 is 9.53 Å². The maximum atomic E-state index is 12.3. The van der Waals surface area contributed by atoms with Crippen LogP contribution in [0, 0.1) is 6.92 Å². The molecule has 0 aliphatic heterocycles. The molecule has 128 valence electrons. The first-order valence-electron chi connectivity index (χ1n) is 8.27. The molecule has 0 bridgehead atoms. The monoisotopic (exact) mass is 334 g/mol. The number of rotatable bonds is 6. The Labute approximate surface area is 147 Å². The highest BCUT2D eigenvalue weighted by Gasteiger charge is 2.14. The van der Waals surface area contributed by atoms with E-state index in [0.29, 0.717) is 13.1 Å². The summed E-state index contributed by atoms with van der Waals surface area (Å²) in [6, 6.07) is 17.9. The van der Waals surface area contributed by atoms with Crippen LogP contribution in [0.25, 0.3) is 10.9 Å². The summed E-state index contributed by atoms with van der Waals surface area (Å²) >= 11 is 0. The molecule has 2 aromatic carbocycles. The van der Waals surface area contributed by atoms with E-state index in [0.717, 1.165) is 11.4 Å². The largest absolute Gasteiger partial charge is 0.497 e. The van der Waals surface area contributed by atoms with Crippen LogP contribution in [0.15, 0.2) is 67.3 Å². The van der Waals surface area contributed by atoms with E-state index in [1.807, 2.05) is 36.4 Å². The standard InChI is InChI=1S/C21H22N2O2/c1-4-21(24)23(18-9-11-19(25-3)12-10-18)14-13-22-16(2)15-17-7-5-6-8-20(17)22/h4-12,15H,1,13-14H2,2-3H3. The number of anilines is 1. The van der Waals surface area contributed by atoms with Crippen molar-refractivity contribution in [1.82, 2.24) is 4.57 Å². The lowest BCUT2D eigenvalue weighted by atomic mass is 10.2. The molecule has 0 saturated carbocycles. The molecule has 0 fully saturated rings. The number of fused-ring (bicyclic) bond motifs is 1. The van der Waals surface area contributed by atoms with Crippen LogP contribution < -0.4 is 9.64 Å². The molecule has 4 nitrogen and oxygen atoms in total. The van der Waals surface area contributed by atoms with E-state index in [2.05, 4.69) is 36.3 Å². The summed E-state index contributed by atoms with van der Waals surface area (Å²) in [6.07, 6.45) is 1.35. The molecule has 0 aliphatic rings. The van der Waals surface area contributed by atoms with E-state index in [1.165, 1.54) is 22.7 Å². The van der Waals surface area contributed by atoms with Crippen LogP contribution >= 0.6 is 0 Å². The van der Waals surface area contributed by atoms with Crippen molar-refractivity contribution in [2.75, 3.05) is 18.6 Å². The molecule has 0 saturated heterocycles. The summed E-state index contributed by atoms with van der Waals surface area (Å²) in [5.41, 5.74) is 3.20. The summed E-state index contributed by atoms with van der Waals surface area (Å²) in [4.78, 5) is 14.1. The van der Waals surface area contributed by atoms with Gasteiger partial charge in [-0.3, -0.25) is 4.79 Å². The van der Waals surface area contributed by atoms with Gasteiger partial charge >= 0.3 is 0 Å². The SMILES string of the molecule is C=CC(=O)N(CCn1c(C)cc2ccccc21)c1ccc(OC)cc1. The van der Waals surface area contributed by atoms with Crippen LogP contribution in [0.1, 0.15) is 5.69 Å². The zero-order chi connectivity index (χ0) is 17.8. The number of hydrogen-bond acceptors (Lipinski definition) is 2. The Balaban J connectivity index is 1.86. The summed E-state index contributed by atoms with van der Waals surface area (Å²) in [7, 11) is 1.63. The number of carbonyl (C=O) groups is 1. The highest BCUT2D eigenvalue weighted by atomic mass is 16.5. The van der Waals surface area contributed by atoms with Gasteiger partial charge in [0.1, 0.15) is 5.75 Å². The highest BCUT2D eigenvalue weighted by Crippen LogP contribution is 2.22. The summed E-state index contributed by atoms with van der Waals surface area (Å²) < 4.78 is 7.43. The molecule has 1 aromatic heterocycles. The second kappa shape index (κ2) is 7.26. The van der Waals surface area contributed by atoms with Crippen molar-refractivity contribution in [2.24, 2.45) is 0 Å². The van der Waals surface area contributed by atoms with E-state index in [9.17, 15) is 4.79 Å². The van der Waals surface area contributed by atoms with Gasteiger partial charge in [0, 0.05) is 30.0 Å². The van der Waals surface area contributed by atoms with Gasteiger partial charge in [-0.25, -0.2) is 0 Å². The maximum absolute atomic E-state index is 12.3. The Morgan fingerprint density at radius 1 is 1.20 bits per heavy atom. The quantitative estimate of drug-likeness (QED) is 0.634. The summed E-state index contributed by atoms with van der Waals surface area (Å²) in [6.45, 7) is 7.00. The van der Waals surface area contributed by atoms with E-state index in [4.69, 9.17) is 4.74 Å². The second-order valence-corrected chi connectivity index (χ2v) is 5.89. The van der Waals surface area contributed by atoms with Gasteiger partial charge in [-0.05, 0) is 54.8 Å². The van der Waals surface area contributed by atoms with Crippen molar-refractivity contribution in [3.63, 3.8) is 0 Å². The zero-order valence-electron chi connectivity index (χ0n) is 14.6. The number of carbonyl (C=O) groups excluding carboxylic acids is 1. The molecule has 0 N–H and O–H groups in total. The smallest absolute Gasteiger partial charge is 0.250 e. The third-order valence-electron chi connectivity index (χ3n) is 4.39. The van der Waals surface area contributed by atoms with Crippen LogP contribution in [0.4, 0.5) is 5.69 Å². The Morgan fingerprint density at radius 3 is 2.60 bits per heavy atom. The number of benzene rings is 2. The molecule has 3 aromatic rings. The number of hydrogen-bond donors (Lipinski definition) is 0. The minimum Gasteiger partial charge on any atom is -0.497 e. The molecule has 25 heavy (non-hydrogen) atoms. The van der Waals surface area contributed by atoms with Crippen molar-refractivity contribution in [3.05, 3.63) is 72.9 Å². The van der Waals surface area contributed by atoms with Crippen LogP contribution in [-0.2, 0) is 11.3 Å². The first kappa shape index (κ1) is 16.8. The first-order chi connectivity index (χ1) is 12.1. The van der Waals surface area contributed by atoms with Gasteiger partial charge < -0.3 is 14.2 Å². The van der Waals surface area contributed by atoms with E-state index in [-0.39, 0.29) is 5.91 Å². The van der Waals surface area contributed by atoms with Gasteiger partial charge in [0.05, 0.1) is 7.11 Å². The van der Waals surface area contributed by atoms with Crippen LogP contribution in [-0.4, -0.2) is 24.1 Å². The van der Waals surface area contributed by atoms with E-state index in [1.54, 1.807) is 12.0 Å². The number of para-hydroxylation sites is 1. The van der Waals surface area contributed by atoms with Crippen molar-refractivity contribution >= 4 is 22.5 Å². The lowest BCUT2D eigenvalue weighted by Gasteiger charge is -2.22. The molecule has 0 spiro atoms. The Bertz CT molecular complexity index is 894. The fraction of sp³-hybridized carbons (Fsp3) is 0.190. The van der Waals surface area contributed by atoms with Gasteiger partial charge in [-0.2, -0.15) is 0 Å². The van der Waals surface area contributed by atoms with Gasteiger partial charge in [0.15, 0.2) is 0 Å². The van der Waals surface area contributed by atoms with Crippen LogP contribution in [0.2, 0.25) is 0 Å². The van der Waals surface area contributed by atoms with Gasteiger partial charge in [-0.1, -0.05) is 24.8 Å². The minimum absolute atomic E-state index is 0.112. The Morgan fingerprint density at radius 2 is 1.92 bits per heavy atom. The normalized spacial score (nSPS) is 10.6.